The summed E-state index contributed by atoms with van der Waals surface area (Å²) in [5.41, 5.74) is 2.22. The van der Waals surface area contributed by atoms with Gasteiger partial charge in [-0.05, 0) is 24.5 Å². The Labute approximate surface area is 110 Å². The molecule has 0 fully saturated rings. The number of aryl methyl sites for hydroxylation is 1. The van der Waals surface area contributed by atoms with Crippen molar-refractivity contribution in [2.24, 2.45) is 0 Å². The predicted molar refractivity (Wildman–Crippen MR) is 70.3 cm³/mol. The number of hydrogen-bond donors (Lipinski definition) is 2. The van der Waals surface area contributed by atoms with E-state index in [1.807, 2.05) is 30.5 Å². The molecule has 0 aliphatic rings. The van der Waals surface area contributed by atoms with E-state index in [-0.39, 0.29) is 12.3 Å². The summed E-state index contributed by atoms with van der Waals surface area (Å²) >= 11 is 0. The molecule has 0 atom stereocenters. The van der Waals surface area contributed by atoms with Crippen molar-refractivity contribution in [1.82, 2.24) is 10.3 Å². The van der Waals surface area contributed by atoms with E-state index in [1.165, 1.54) is 0 Å². The summed E-state index contributed by atoms with van der Waals surface area (Å²) < 4.78 is 23.8. The average molecular weight is 266 g/mol. The highest BCUT2D eigenvalue weighted by molar-refractivity contribution is 5.83. The zero-order valence-electron chi connectivity index (χ0n) is 10.5. The number of rotatable bonds is 6. The molecule has 1 amide bonds. The molecule has 3 nitrogen and oxygen atoms in total. The van der Waals surface area contributed by atoms with Gasteiger partial charge in [0.05, 0.1) is 6.54 Å². The molecule has 2 N–H and O–H groups in total. The zero-order valence-corrected chi connectivity index (χ0v) is 10.5. The second kappa shape index (κ2) is 6.31. The molecule has 1 aromatic carbocycles. The first-order valence-corrected chi connectivity index (χ1v) is 6.26. The molecule has 0 spiro atoms. The minimum absolute atomic E-state index is 0.270. The largest absolute Gasteiger partial charge is 0.361 e. The van der Waals surface area contributed by atoms with E-state index < -0.39 is 13.0 Å². The molecule has 2 aromatic rings. The van der Waals surface area contributed by atoms with Crippen LogP contribution in [0.2, 0.25) is 0 Å². The molecule has 0 saturated carbocycles. The smallest absolute Gasteiger partial charge is 0.255 e. The van der Waals surface area contributed by atoms with Crippen LogP contribution in [0.1, 0.15) is 18.4 Å². The minimum Gasteiger partial charge on any atom is -0.361 e. The van der Waals surface area contributed by atoms with Gasteiger partial charge in [-0.15, -0.1) is 0 Å². The van der Waals surface area contributed by atoms with Gasteiger partial charge in [0.2, 0.25) is 5.91 Å². The molecule has 1 heterocycles. The molecule has 19 heavy (non-hydrogen) atoms. The normalized spacial score (nSPS) is 11.1. The Hall–Kier alpha value is -1.91. The predicted octanol–water partition coefficient (Wildman–Crippen LogP) is 2.87. The number of alkyl halides is 2. The van der Waals surface area contributed by atoms with Crippen molar-refractivity contribution in [2.75, 3.05) is 6.54 Å². The topological polar surface area (TPSA) is 44.9 Å². The fourth-order valence-electron chi connectivity index (χ4n) is 2.06. The van der Waals surface area contributed by atoms with Crippen molar-refractivity contribution in [3.8, 4) is 0 Å². The van der Waals surface area contributed by atoms with Crippen molar-refractivity contribution >= 4 is 16.8 Å². The van der Waals surface area contributed by atoms with Crippen molar-refractivity contribution in [3.05, 3.63) is 36.0 Å². The van der Waals surface area contributed by atoms with E-state index in [2.05, 4.69) is 10.3 Å². The Kier molecular flexibility index (Phi) is 4.49. The highest BCUT2D eigenvalue weighted by Crippen LogP contribution is 2.19. The Morgan fingerprint density at radius 1 is 1.32 bits per heavy atom. The summed E-state index contributed by atoms with van der Waals surface area (Å²) in [5, 5.41) is 3.35. The van der Waals surface area contributed by atoms with Gasteiger partial charge in [-0.25, -0.2) is 8.78 Å². The molecule has 1 aromatic heterocycles. The summed E-state index contributed by atoms with van der Waals surface area (Å²) in [6, 6.07) is 7.95. The van der Waals surface area contributed by atoms with Gasteiger partial charge in [-0.2, -0.15) is 0 Å². The summed E-state index contributed by atoms with van der Waals surface area (Å²) in [6.07, 6.45) is 1.12. The third kappa shape index (κ3) is 3.77. The molecule has 0 unspecified atom stereocenters. The molecule has 0 aliphatic carbocycles. The maximum Gasteiger partial charge on any atom is 0.255 e. The lowest BCUT2D eigenvalue weighted by Crippen LogP contribution is -2.28. The third-order valence-corrected chi connectivity index (χ3v) is 2.98. The van der Waals surface area contributed by atoms with Crippen molar-refractivity contribution in [3.63, 3.8) is 0 Å². The van der Waals surface area contributed by atoms with Gasteiger partial charge in [0.25, 0.3) is 6.43 Å². The summed E-state index contributed by atoms with van der Waals surface area (Å²) in [7, 11) is 0. The molecule has 0 bridgehead atoms. The lowest BCUT2D eigenvalue weighted by molar-refractivity contribution is -0.121. The number of carbonyl (C=O) groups is 1. The monoisotopic (exact) mass is 266 g/mol. The second-order valence-corrected chi connectivity index (χ2v) is 4.41. The van der Waals surface area contributed by atoms with Crippen LogP contribution in [0.3, 0.4) is 0 Å². The van der Waals surface area contributed by atoms with Gasteiger partial charge in [0.15, 0.2) is 0 Å². The van der Waals surface area contributed by atoms with E-state index in [0.29, 0.717) is 6.42 Å². The average Bonchev–Trinajstić information content (AvgIpc) is 2.80. The Bertz CT molecular complexity index is 551. The number of halogens is 2. The summed E-state index contributed by atoms with van der Waals surface area (Å²) in [4.78, 5) is 14.5. The van der Waals surface area contributed by atoms with Gasteiger partial charge in [-0.3, -0.25) is 4.79 Å². The van der Waals surface area contributed by atoms with Crippen LogP contribution in [0.15, 0.2) is 30.5 Å². The van der Waals surface area contributed by atoms with Crippen LogP contribution in [0.4, 0.5) is 8.78 Å². The zero-order chi connectivity index (χ0) is 13.7. The Morgan fingerprint density at radius 2 is 2.11 bits per heavy atom. The van der Waals surface area contributed by atoms with E-state index in [0.717, 1.165) is 22.9 Å². The lowest BCUT2D eigenvalue weighted by Gasteiger charge is -2.04. The van der Waals surface area contributed by atoms with Crippen LogP contribution in [-0.2, 0) is 11.2 Å². The fraction of sp³-hybridized carbons (Fsp3) is 0.357. The number of aromatic nitrogens is 1. The summed E-state index contributed by atoms with van der Waals surface area (Å²) in [5.74, 6) is -0.319. The van der Waals surface area contributed by atoms with E-state index in [4.69, 9.17) is 0 Å². The first kappa shape index (κ1) is 13.5. The number of fused-ring (bicyclic) bond motifs is 1. The van der Waals surface area contributed by atoms with Crippen LogP contribution in [0, 0.1) is 0 Å². The number of benzene rings is 1. The fourth-order valence-corrected chi connectivity index (χ4v) is 2.06. The van der Waals surface area contributed by atoms with Crippen LogP contribution in [0.5, 0.6) is 0 Å². The molecule has 2 rings (SSSR count). The van der Waals surface area contributed by atoms with Crippen LogP contribution in [0.25, 0.3) is 10.9 Å². The molecular formula is C14H16F2N2O. The minimum atomic E-state index is -2.49. The van der Waals surface area contributed by atoms with Crippen LogP contribution in [-0.4, -0.2) is 23.9 Å². The first-order chi connectivity index (χ1) is 9.16. The number of hydrogen-bond acceptors (Lipinski definition) is 1. The number of aromatic amines is 1. The van der Waals surface area contributed by atoms with Crippen LogP contribution >= 0.6 is 0 Å². The van der Waals surface area contributed by atoms with Crippen LogP contribution < -0.4 is 5.32 Å². The second-order valence-electron chi connectivity index (χ2n) is 4.41. The SMILES string of the molecule is O=C(CCCc1c[nH]c2ccccc12)NCC(F)F. The lowest BCUT2D eigenvalue weighted by atomic mass is 10.1. The molecule has 5 heteroatoms. The number of carbonyl (C=O) groups excluding carboxylic acids is 1. The molecule has 102 valence electrons. The highest BCUT2D eigenvalue weighted by atomic mass is 19.3. The standard InChI is InChI=1S/C14H16F2N2O/c15-13(16)9-18-14(19)7-3-4-10-8-17-12-6-2-1-5-11(10)12/h1-2,5-6,8,13,17H,3-4,7,9H2,(H,18,19). The van der Waals surface area contributed by atoms with Gasteiger partial charge in [0, 0.05) is 23.5 Å². The summed E-state index contributed by atoms with van der Waals surface area (Å²) in [6.45, 7) is -0.564. The molecule has 0 saturated heterocycles. The van der Waals surface area contributed by atoms with E-state index in [9.17, 15) is 13.6 Å². The van der Waals surface area contributed by atoms with E-state index >= 15 is 0 Å². The highest BCUT2D eigenvalue weighted by Gasteiger charge is 2.07. The van der Waals surface area contributed by atoms with Crippen molar-refractivity contribution in [1.29, 1.82) is 0 Å². The molecule has 0 radical (unpaired) electrons. The third-order valence-electron chi connectivity index (χ3n) is 2.98. The Morgan fingerprint density at radius 3 is 2.89 bits per heavy atom. The van der Waals surface area contributed by atoms with Gasteiger partial charge in [-0.1, -0.05) is 18.2 Å². The molecular weight excluding hydrogens is 250 g/mol. The van der Waals surface area contributed by atoms with Crippen molar-refractivity contribution in [2.45, 2.75) is 25.7 Å². The van der Waals surface area contributed by atoms with E-state index in [1.54, 1.807) is 0 Å². The number of H-pyrrole nitrogens is 1. The Balaban J connectivity index is 1.81. The number of nitrogens with one attached hydrogen (secondary N) is 2. The van der Waals surface area contributed by atoms with Crippen molar-refractivity contribution < 1.29 is 13.6 Å². The van der Waals surface area contributed by atoms with Gasteiger partial charge < -0.3 is 10.3 Å². The maximum absolute atomic E-state index is 11.9. The first-order valence-electron chi connectivity index (χ1n) is 6.26. The van der Waals surface area contributed by atoms with Gasteiger partial charge >= 0.3 is 0 Å². The maximum atomic E-state index is 11.9. The quantitative estimate of drug-likeness (QED) is 0.829. The van der Waals surface area contributed by atoms with Gasteiger partial charge in [0.1, 0.15) is 0 Å². The number of amides is 1. The number of para-hydroxylation sites is 1. The molecule has 0 aliphatic heterocycles.